The molecule has 1 unspecified atom stereocenters. The minimum absolute atomic E-state index is 0.0937. The second kappa shape index (κ2) is 18.7. The second-order valence-corrected chi connectivity index (χ2v) is 8.48. The molecule has 0 aromatic rings. The first kappa shape index (κ1) is 26.4. The van der Waals surface area contributed by atoms with Gasteiger partial charge in [-0.15, -0.1) is 0 Å². The first-order valence-corrected chi connectivity index (χ1v) is 11.6. The number of esters is 1. The number of aliphatic hydroxyl groups is 1. The maximum Gasteiger partial charge on any atom is 0.305 e. The van der Waals surface area contributed by atoms with Crippen molar-refractivity contribution in [3.63, 3.8) is 0 Å². The minimum Gasteiger partial charge on any atom is -0.466 e. The maximum absolute atomic E-state index is 11.6. The van der Waals surface area contributed by atoms with Crippen LogP contribution < -0.4 is 5.73 Å². The monoisotopic (exact) mass is 385 g/mol. The van der Waals surface area contributed by atoms with Crippen LogP contribution in [0.15, 0.2) is 0 Å². The second-order valence-electron chi connectivity index (χ2n) is 8.48. The lowest BCUT2D eigenvalue weighted by atomic mass is 10.0. The molecule has 0 saturated carbocycles. The summed E-state index contributed by atoms with van der Waals surface area (Å²) in [6.45, 7) is 4.23. The zero-order valence-corrected chi connectivity index (χ0v) is 18.3. The average Bonchev–Trinajstić information content (AvgIpc) is 2.64. The van der Waals surface area contributed by atoms with Crippen LogP contribution in [-0.2, 0) is 9.53 Å². The van der Waals surface area contributed by atoms with Gasteiger partial charge in [0, 0.05) is 18.4 Å². The van der Waals surface area contributed by atoms with Crippen LogP contribution in [0.5, 0.6) is 0 Å². The number of carbonyl (C=O) groups excluding carboxylic acids is 1. The van der Waals surface area contributed by atoms with E-state index >= 15 is 0 Å². The molecule has 0 bridgehead atoms. The van der Waals surface area contributed by atoms with Crippen LogP contribution in [-0.4, -0.2) is 29.8 Å². The van der Waals surface area contributed by atoms with Gasteiger partial charge in [0.05, 0.1) is 13.2 Å². The molecule has 0 aromatic heterocycles. The van der Waals surface area contributed by atoms with E-state index in [-0.39, 0.29) is 12.6 Å². The van der Waals surface area contributed by atoms with Crippen molar-refractivity contribution in [1.82, 2.24) is 0 Å². The fourth-order valence-corrected chi connectivity index (χ4v) is 3.19. The van der Waals surface area contributed by atoms with Crippen LogP contribution in [0.3, 0.4) is 0 Å². The van der Waals surface area contributed by atoms with E-state index < -0.39 is 5.54 Å². The molecule has 1 atom stereocenters. The summed E-state index contributed by atoms with van der Waals surface area (Å²) in [4.78, 5) is 11.6. The summed E-state index contributed by atoms with van der Waals surface area (Å²) in [5, 5.41) is 9.05. The molecule has 0 aliphatic rings. The summed E-state index contributed by atoms with van der Waals surface area (Å²) in [6, 6.07) is 0. The molecule has 0 aromatic carbocycles. The van der Waals surface area contributed by atoms with Crippen molar-refractivity contribution in [2.45, 2.75) is 129 Å². The van der Waals surface area contributed by atoms with E-state index in [4.69, 9.17) is 15.6 Å². The molecule has 0 amide bonds. The molecule has 162 valence electrons. The fourth-order valence-electron chi connectivity index (χ4n) is 3.19. The molecular weight excluding hydrogens is 338 g/mol. The molecule has 0 fully saturated rings. The highest BCUT2D eigenvalue weighted by atomic mass is 16.5. The van der Waals surface area contributed by atoms with E-state index in [1.54, 1.807) is 6.92 Å². The van der Waals surface area contributed by atoms with Crippen LogP contribution in [0.2, 0.25) is 0 Å². The van der Waals surface area contributed by atoms with E-state index in [0.717, 1.165) is 12.8 Å². The standard InChI is InChI=1S/C23H47NO3/c1-3-4-5-6-7-8-9-10-11-12-13-14-15-16-17-18-22(26)27-20-19-23(2,24)21-25/h25H,3-21,24H2,1-2H3. The smallest absolute Gasteiger partial charge is 0.305 e. The summed E-state index contributed by atoms with van der Waals surface area (Å²) in [5.74, 6) is -0.140. The topological polar surface area (TPSA) is 72.5 Å². The van der Waals surface area contributed by atoms with Crippen LogP contribution in [0, 0.1) is 0 Å². The number of ether oxygens (including phenoxy) is 1. The fraction of sp³-hybridized carbons (Fsp3) is 0.957. The summed E-state index contributed by atoms with van der Waals surface area (Å²) in [6.07, 6.45) is 20.8. The third kappa shape index (κ3) is 19.9. The summed E-state index contributed by atoms with van der Waals surface area (Å²) in [7, 11) is 0. The van der Waals surface area contributed by atoms with E-state index in [9.17, 15) is 4.79 Å². The predicted octanol–water partition coefficient (Wildman–Crippen LogP) is 5.89. The van der Waals surface area contributed by atoms with Crippen molar-refractivity contribution in [2.24, 2.45) is 5.73 Å². The zero-order valence-electron chi connectivity index (χ0n) is 18.3. The largest absolute Gasteiger partial charge is 0.466 e. The third-order valence-corrected chi connectivity index (χ3v) is 5.28. The Bertz CT molecular complexity index is 332. The van der Waals surface area contributed by atoms with Gasteiger partial charge in [0.1, 0.15) is 0 Å². The molecule has 0 radical (unpaired) electrons. The van der Waals surface area contributed by atoms with E-state index in [1.807, 2.05) is 0 Å². The number of unbranched alkanes of at least 4 members (excludes halogenated alkanes) is 14. The normalized spacial score (nSPS) is 13.5. The third-order valence-electron chi connectivity index (χ3n) is 5.28. The van der Waals surface area contributed by atoms with E-state index in [1.165, 1.54) is 83.5 Å². The van der Waals surface area contributed by atoms with Crippen molar-refractivity contribution in [2.75, 3.05) is 13.2 Å². The van der Waals surface area contributed by atoms with Crippen molar-refractivity contribution < 1.29 is 14.6 Å². The van der Waals surface area contributed by atoms with Gasteiger partial charge in [0.15, 0.2) is 0 Å². The first-order valence-electron chi connectivity index (χ1n) is 11.6. The van der Waals surface area contributed by atoms with Crippen LogP contribution >= 0.6 is 0 Å². The van der Waals surface area contributed by atoms with Crippen molar-refractivity contribution >= 4 is 5.97 Å². The van der Waals surface area contributed by atoms with E-state index in [0.29, 0.717) is 19.4 Å². The van der Waals surface area contributed by atoms with Crippen LogP contribution in [0.1, 0.15) is 123 Å². The quantitative estimate of drug-likeness (QED) is 0.202. The molecule has 0 saturated heterocycles. The molecule has 4 nitrogen and oxygen atoms in total. The summed E-state index contributed by atoms with van der Waals surface area (Å²) >= 11 is 0. The van der Waals surface area contributed by atoms with Gasteiger partial charge in [-0.05, 0) is 13.3 Å². The van der Waals surface area contributed by atoms with Crippen molar-refractivity contribution in [3.05, 3.63) is 0 Å². The molecule has 0 aliphatic carbocycles. The number of hydrogen-bond donors (Lipinski definition) is 2. The number of carbonyl (C=O) groups is 1. The van der Waals surface area contributed by atoms with Gasteiger partial charge in [-0.3, -0.25) is 4.79 Å². The molecule has 27 heavy (non-hydrogen) atoms. The maximum atomic E-state index is 11.6. The van der Waals surface area contributed by atoms with Crippen LogP contribution in [0.4, 0.5) is 0 Å². The highest BCUT2D eigenvalue weighted by Crippen LogP contribution is 2.14. The Hall–Kier alpha value is -0.610. The Labute approximate surface area is 168 Å². The first-order chi connectivity index (χ1) is 13.0. The van der Waals surface area contributed by atoms with Gasteiger partial charge in [-0.25, -0.2) is 0 Å². The Balaban J connectivity index is 3.21. The Morgan fingerprint density at radius 1 is 0.815 bits per heavy atom. The molecule has 3 N–H and O–H groups in total. The van der Waals surface area contributed by atoms with Crippen molar-refractivity contribution in [1.29, 1.82) is 0 Å². The number of nitrogens with two attached hydrogens (primary N) is 1. The van der Waals surface area contributed by atoms with Crippen LogP contribution in [0.25, 0.3) is 0 Å². The Morgan fingerprint density at radius 3 is 1.63 bits per heavy atom. The van der Waals surface area contributed by atoms with Gasteiger partial charge in [0.2, 0.25) is 0 Å². The Morgan fingerprint density at radius 2 is 1.22 bits per heavy atom. The molecule has 0 rings (SSSR count). The number of hydrogen-bond acceptors (Lipinski definition) is 4. The lowest BCUT2D eigenvalue weighted by molar-refractivity contribution is -0.144. The lowest BCUT2D eigenvalue weighted by Crippen LogP contribution is -2.41. The molecule has 4 heteroatoms. The van der Waals surface area contributed by atoms with Crippen molar-refractivity contribution in [3.8, 4) is 0 Å². The average molecular weight is 386 g/mol. The van der Waals surface area contributed by atoms with Gasteiger partial charge >= 0.3 is 5.97 Å². The zero-order chi connectivity index (χ0) is 20.2. The molecule has 0 heterocycles. The summed E-state index contributed by atoms with van der Waals surface area (Å²) in [5.41, 5.74) is 5.14. The van der Waals surface area contributed by atoms with Gasteiger partial charge in [0.25, 0.3) is 0 Å². The Kier molecular flexibility index (Phi) is 18.3. The molecule has 0 aliphatic heterocycles. The summed E-state index contributed by atoms with van der Waals surface area (Å²) < 4.78 is 5.17. The predicted molar refractivity (Wildman–Crippen MR) is 115 cm³/mol. The van der Waals surface area contributed by atoms with Gasteiger partial charge in [-0.2, -0.15) is 0 Å². The van der Waals surface area contributed by atoms with Gasteiger partial charge < -0.3 is 15.6 Å². The highest BCUT2D eigenvalue weighted by molar-refractivity contribution is 5.69. The minimum atomic E-state index is -0.658. The lowest BCUT2D eigenvalue weighted by Gasteiger charge is -2.20. The number of aliphatic hydroxyl groups excluding tert-OH is 1. The molecular formula is C23H47NO3. The highest BCUT2D eigenvalue weighted by Gasteiger charge is 2.17. The van der Waals surface area contributed by atoms with Gasteiger partial charge in [-0.1, -0.05) is 96.8 Å². The number of rotatable bonds is 20. The molecule has 0 spiro atoms. The SMILES string of the molecule is CCCCCCCCCCCCCCCCCC(=O)OCCC(C)(N)CO. The van der Waals surface area contributed by atoms with E-state index in [2.05, 4.69) is 6.92 Å².